The van der Waals surface area contributed by atoms with Crippen LogP contribution in [0.15, 0.2) is 129 Å². The summed E-state index contributed by atoms with van der Waals surface area (Å²) in [5.41, 5.74) is 13.3. The lowest BCUT2D eigenvalue weighted by Gasteiger charge is -2.53. The second-order valence-corrected chi connectivity index (χ2v) is 18.7. The van der Waals surface area contributed by atoms with Crippen molar-refractivity contribution in [1.29, 1.82) is 0 Å². The summed E-state index contributed by atoms with van der Waals surface area (Å²) in [5, 5.41) is 0. The van der Waals surface area contributed by atoms with Crippen LogP contribution in [0.3, 0.4) is 0 Å². The van der Waals surface area contributed by atoms with Crippen molar-refractivity contribution < 1.29 is 9.59 Å². The van der Waals surface area contributed by atoms with E-state index in [1.54, 1.807) is 0 Å². The first-order valence-electron chi connectivity index (χ1n) is 22.4. The average Bonchev–Trinajstić information content (AvgIpc) is 3.74. The number of carbonyl (C=O) groups is 2. The fourth-order valence-electron chi connectivity index (χ4n) is 10.3. The number of ketones is 2. The van der Waals surface area contributed by atoms with Gasteiger partial charge in [-0.3, -0.25) is 9.59 Å². The van der Waals surface area contributed by atoms with Crippen molar-refractivity contribution in [2.75, 3.05) is 0 Å². The van der Waals surface area contributed by atoms with Gasteiger partial charge >= 0.3 is 0 Å². The molecule has 57 heavy (non-hydrogen) atoms. The summed E-state index contributed by atoms with van der Waals surface area (Å²) in [5.74, 6) is 0.726. The highest BCUT2D eigenvalue weighted by molar-refractivity contribution is 6.20. The van der Waals surface area contributed by atoms with Gasteiger partial charge in [0.15, 0.2) is 11.6 Å². The number of benzene rings is 1. The van der Waals surface area contributed by atoms with Gasteiger partial charge in [0.05, 0.1) is 10.8 Å². The van der Waals surface area contributed by atoms with Gasteiger partial charge in [-0.05, 0) is 181 Å². The molecular weight excluding hydrogens is 693 g/mol. The van der Waals surface area contributed by atoms with Crippen molar-refractivity contribution in [3.05, 3.63) is 140 Å². The first kappa shape index (κ1) is 44.3. The van der Waals surface area contributed by atoms with Gasteiger partial charge in [0.25, 0.3) is 0 Å². The zero-order valence-electron chi connectivity index (χ0n) is 37.3. The number of hydrogen-bond donors (Lipinski definition) is 0. The Morgan fingerprint density at radius 2 is 0.982 bits per heavy atom. The molecule has 0 aliphatic heterocycles. The molecule has 4 aliphatic carbocycles. The quantitative estimate of drug-likeness (QED) is 0.117. The van der Waals surface area contributed by atoms with Crippen molar-refractivity contribution in [1.82, 2.24) is 0 Å². The van der Waals surface area contributed by atoms with Crippen LogP contribution in [-0.2, 0) is 0 Å². The summed E-state index contributed by atoms with van der Waals surface area (Å²) in [6.45, 7) is 20.2. The molecule has 1 spiro atoms. The molecule has 2 nitrogen and oxygen atoms in total. The second kappa shape index (κ2) is 20.3. The number of carbonyl (C=O) groups excluding carboxylic acids is 2. The molecule has 0 aromatic heterocycles. The summed E-state index contributed by atoms with van der Waals surface area (Å²) >= 11 is 0. The van der Waals surface area contributed by atoms with Crippen molar-refractivity contribution in [3.63, 3.8) is 0 Å². The summed E-state index contributed by atoms with van der Waals surface area (Å²) in [6, 6.07) is 7.53. The zero-order valence-corrected chi connectivity index (χ0v) is 37.3. The van der Waals surface area contributed by atoms with Gasteiger partial charge in [-0.1, -0.05) is 125 Å². The van der Waals surface area contributed by atoms with Crippen LogP contribution in [0.4, 0.5) is 0 Å². The molecule has 1 saturated carbocycles. The minimum Gasteiger partial charge on any atom is -0.293 e. The molecule has 0 N–H and O–H groups in total. The van der Waals surface area contributed by atoms with Crippen LogP contribution < -0.4 is 0 Å². The van der Waals surface area contributed by atoms with E-state index in [9.17, 15) is 9.59 Å². The van der Waals surface area contributed by atoms with Crippen LogP contribution in [0.25, 0.3) is 0 Å². The molecule has 2 bridgehead atoms. The summed E-state index contributed by atoms with van der Waals surface area (Å²) < 4.78 is 0. The molecule has 0 amide bonds. The monoisotopic (exact) mass is 767 g/mol. The Morgan fingerprint density at radius 3 is 1.42 bits per heavy atom. The number of fused-ring (bicyclic) bond motifs is 3. The molecule has 0 saturated heterocycles. The minimum atomic E-state index is -0.622. The van der Waals surface area contributed by atoms with Crippen LogP contribution in [0.5, 0.6) is 0 Å². The maximum absolute atomic E-state index is 14.1. The van der Waals surface area contributed by atoms with Crippen molar-refractivity contribution >= 4 is 11.6 Å². The van der Waals surface area contributed by atoms with Gasteiger partial charge in [-0.15, -0.1) is 0 Å². The maximum Gasteiger partial charge on any atom is 0.171 e. The lowest BCUT2D eigenvalue weighted by molar-refractivity contribution is 0.0215. The maximum atomic E-state index is 14.1. The van der Waals surface area contributed by atoms with Gasteiger partial charge < -0.3 is 0 Å². The molecular formula is C55H74O2. The lowest BCUT2D eigenvalue weighted by Crippen LogP contribution is -2.58. The molecule has 5 rings (SSSR count). The van der Waals surface area contributed by atoms with E-state index in [2.05, 4.69) is 117 Å². The van der Waals surface area contributed by atoms with Crippen molar-refractivity contribution in [3.8, 4) is 0 Å². The highest BCUT2D eigenvalue weighted by atomic mass is 16.1. The van der Waals surface area contributed by atoms with Crippen molar-refractivity contribution in [2.45, 2.75) is 165 Å². The fraction of sp³-hybridized carbons (Fsp3) is 0.527. The number of rotatable bonds is 21. The van der Waals surface area contributed by atoms with E-state index >= 15 is 0 Å². The minimum absolute atomic E-state index is 0.159. The molecule has 2 unspecified atom stereocenters. The van der Waals surface area contributed by atoms with Gasteiger partial charge in [-0.25, -0.2) is 0 Å². The predicted octanol–water partition coefficient (Wildman–Crippen LogP) is 16.1. The molecule has 1 aromatic rings. The number of allylic oxidation sites excluding steroid dienone is 18. The molecule has 1 aromatic carbocycles. The molecule has 4 aliphatic rings. The second-order valence-electron chi connectivity index (χ2n) is 18.7. The average molecular weight is 767 g/mol. The van der Waals surface area contributed by atoms with Gasteiger partial charge in [0.1, 0.15) is 0 Å². The first-order valence-corrected chi connectivity index (χ1v) is 22.4. The molecule has 0 radical (unpaired) electrons. The summed E-state index contributed by atoms with van der Waals surface area (Å²) in [6.07, 6.45) is 39.1. The summed E-state index contributed by atoms with van der Waals surface area (Å²) in [4.78, 5) is 28.0. The van der Waals surface area contributed by atoms with E-state index in [1.807, 2.05) is 24.3 Å². The smallest absolute Gasteiger partial charge is 0.171 e. The SMILES string of the molecule is CC(C)=CCC/C(C)=C/CC/C(C)=C/CC/C(C)=C/CC/C(C)=C/CC/C(C)=C/CC/C(C)=C/CCC1=CCC23C(=O)c4ccccc4C(=O)C2(C)[C@@H]2C=C1[C@H]3C2. The van der Waals surface area contributed by atoms with E-state index < -0.39 is 10.8 Å². The van der Waals surface area contributed by atoms with Crippen LogP contribution in [0.1, 0.15) is 186 Å². The Kier molecular flexibility index (Phi) is 15.8. The van der Waals surface area contributed by atoms with Crippen LogP contribution >= 0.6 is 0 Å². The van der Waals surface area contributed by atoms with Crippen LogP contribution in [0.2, 0.25) is 0 Å². The highest BCUT2D eigenvalue weighted by Gasteiger charge is 2.74. The number of Topliss-reactive ketones (excluding diaryl/α,β-unsaturated/α-hetero) is 2. The third-order valence-corrected chi connectivity index (χ3v) is 14.0. The standard InChI is InChI=1S/C55H74O2/c1-39(2)19-12-20-40(3)21-13-22-41(4)23-14-24-42(5)25-15-26-43(6)27-16-28-44(7)29-17-30-45(8)31-18-32-46-35-36-55-51-38-47(37-50(46)51)54(55,9)52(56)48-33-10-11-34-49(48)53(55)57/h10-11,19,21,23,25,27,29,31,33-35,37,47,51H,12-18,20,22,24,26,28,30,32,36,38H2,1-9H3/b40-21+,41-23+,42-25+,43-27+,44-29+,45-31+/t47-,51-,54?,55?/m1/s1. The molecule has 306 valence electrons. The normalized spacial score (nSPS) is 25.1. The molecule has 0 heterocycles. The zero-order chi connectivity index (χ0) is 41.2. The van der Waals surface area contributed by atoms with E-state index in [4.69, 9.17) is 0 Å². The Morgan fingerprint density at radius 1 is 0.579 bits per heavy atom. The van der Waals surface area contributed by atoms with E-state index in [0.717, 1.165) is 83.5 Å². The van der Waals surface area contributed by atoms with Crippen LogP contribution in [-0.4, -0.2) is 11.6 Å². The Hall–Kier alpha value is -3.78. The summed E-state index contributed by atoms with van der Waals surface area (Å²) in [7, 11) is 0. The fourth-order valence-corrected chi connectivity index (χ4v) is 10.3. The third-order valence-electron chi connectivity index (χ3n) is 14.0. The predicted molar refractivity (Wildman–Crippen MR) is 245 cm³/mol. The first-order chi connectivity index (χ1) is 27.3. The topological polar surface area (TPSA) is 34.1 Å². The van der Waals surface area contributed by atoms with Gasteiger partial charge in [0.2, 0.25) is 0 Å². The van der Waals surface area contributed by atoms with E-state index in [1.165, 1.54) is 63.0 Å². The van der Waals surface area contributed by atoms with Gasteiger partial charge in [-0.2, -0.15) is 0 Å². The highest BCUT2D eigenvalue weighted by Crippen LogP contribution is 2.73. The Labute approximate surface area is 347 Å². The number of hydrogen-bond acceptors (Lipinski definition) is 2. The van der Waals surface area contributed by atoms with E-state index in [0.29, 0.717) is 17.5 Å². The Balaban J connectivity index is 0.966. The molecule has 1 fully saturated rings. The Bertz CT molecular complexity index is 1920. The lowest BCUT2D eigenvalue weighted by atomic mass is 9.46. The third kappa shape index (κ3) is 10.5. The largest absolute Gasteiger partial charge is 0.293 e. The van der Waals surface area contributed by atoms with E-state index in [-0.39, 0.29) is 23.4 Å². The van der Waals surface area contributed by atoms with Crippen molar-refractivity contribution in [2.24, 2.45) is 22.7 Å². The molecule has 2 heteroatoms. The molecule has 4 atom stereocenters. The van der Waals surface area contributed by atoms with Gasteiger partial charge in [0, 0.05) is 11.1 Å². The van der Waals surface area contributed by atoms with Crippen LogP contribution in [0, 0.1) is 22.7 Å².